The second-order valence-electron chi connectivity index (χ2n) is 8.47. The Balaban J connectivity index is 1.21. The van der Waals surface area contributed by atoms with Gasteiger partial charge in [0.15, 0.2) is 0 Å². The summed E-state index contributed by atoms with van der Waals surface area (Å²) in [5.74, 6) is 1.45. The van der Waals surface area contributed by atoms with E-state index >= 15 is 0 Å². The molecule has 1 unspecified atom stereocenters. The number of rotatable bonds is 4. The van der Waals surface area contributed by atoms with Crippen LogP contribution < -0.4 is 5.32 Å². The summed E-state index contributed by atoms with van der Waals surface area (Å²) in [4.78, 5) is 14.5. The van der Waals surface area contributed by atoms with E-state index in [0.717, 1.165) is 17.9 Å². The van der Waals surface area contributed by atoms with Gasteiger partial charge in [0.2, 0.25) is 5.89 Å². The highest BCUT2D eigenvalue weighted by atomic mass is 16.4. The van der Waals surface area contributed by atoms with Crippen molar-refractivity contribution in [3.8, 4) is 11.5 Å². The first-order chi connectivity index (χ1) is 15.2. The van der Waals surface area contributed by atoms with E-state index in [1.54, 1.807) is 0 Å². The van der Waals surface area contributed by atoms with Crippen LogP contribution in [0.4, 0.5) is 10.8 Å². The topological polar surface area (TPSA) is 71.3 Å². The summed E-state index contributed by atoms with van der Waals surface area (Å²) in [6.45, 7) is 3.51. The summed E-state index contributed by atoms with van der Waals surface area (Å²) in [6, 6.07) is 18.3. The van der Waals surface area contributed by atoms with Crippen LogP contribution in [0.2, 0.25) is 0 Å². The molecule has 1 atom stereocenters. The summed E-state index contributed by atoms with van der Waals surface area (Å²) in [7, 11) is 0. The number of urea groups is 1. The van der Waals surface area contributed by atoms with E-state index < -0.39 is 0 Å². The summed E-state index contributed by atoms with van der Waals surface area (Å²) in [5.41, 5.74) is 4.93. The lowest BCUT2D eigenvalue weighted by molar-refractivity contribution is 0.197. The highest BCUT2D eigenvalue weighted by molar-refractivity contribution is 5.87. The number of likely N-dealkylation sites (tertiary alicyclic amines) is 1. The molecule has 6 nitrogen and oxygen atoms in total. The highest BCUT2D eigenvalue weighted by Crippen LogP contribution is 2.40. The van der Waals surface area contributed by atoms with E-state index in [4.69, 9.17) is 4.42 Å². The lowest BCUT2D eigenvalue weighted by atomic mass is 9.91. The van der Waals surface area contributed by atoms with E-state index in [2.05, 4.69) is 52.8 Å². The van der Waals surface area contributed by atoms with E-state index in [1.807, 2.05) is 35.2 Å². The minimum Gasteiger partial charge on any atom is -0.403 e. The number of amides is 2. The maximum absolute atomic E-state index is 12.7. The predicted octanol–water partition coefficient (Wildman–Crippen LogP) is 5.57. The molecule has 3 aromatic rings. The molecule has 1 aromatic heterocycles. The quantitative estimate of drug-likeness (QED) is 0.606. The molecule has 1 N–H and O–H groups in total. The Hall–Kier alpha value is -3.41. The zero-order chi connectivity index (χ0) is 21.2. The molecule has 0 radical (unpaired) electrons. The zero-order valence-electron chi connectivity index (χ0n) is 17.6. The number of carbonyl (C=O) groups is 1. The molecule has 1 aliphatic heterocycles. The number of nitrogens with one attached hydrogen (secondary N) is 1. The van der Waals surface area contributed by atoms with Crippen LogP contribution in [-0.2, 0) is 0 Å². The van der Waals surface area contributed by atoms with Gasteiger partial charge in [0.1, 0.15) is 0 Å². The SMILES string of the molecule is CC1CN(C(=O)Nc2nnc(-c3ccccc3)o2)CCC1=Cc1cccc(C2CC2)c1. The summed E-state index contributed by atoms with van der Waals surface area (Å²) in [6.07, 6.45) is 5.79. The van der Waals surface area contributed by atoms with Gasteiger partial charge in [0.05, 0.1) is 0 Å². The van der Waals surface area contributed by atoms with Crippen molar-refractivity contribution in [2.75, 3.05) is 18.4 Å². The van der Waals surface area contributed by atoms with Gasteiger partial charge in [-0.15, -0.1) is 5.10 Å². The number of nitrogens with zero attached hydrogens (tertiary/aromatic N) is 3. The fourth-order valence-electron chi connectivity index (χ4n) is 4.12. The van der Waals surface area contributed by atoms with Crippen molar-refractivity contribution in [2.24, 2.45) is 5.92 Å². The standard InChI is InChI=1S/C25H26N4O2/c1-17-16-29(13-12-21(17)14-18-6-5-9-22(15-18)19-10-11-19)25(30)26-24-28-27-23(31-24)20-7-3-2-4-8-20/h2-9,14-15,17,19H,10-13,16H2,1H3,(H,26,28,30). The Morgan fingerprint density at radius 2 is 1.97 bits per heavy atom. The van der Waals surface area contributed by atoms with Gasteiger partial charge in [-0.1, -0.05) is 66.1 Å². The highest BCUT2D eigenvalue weighted by Gasteiger charge is 2.26. The molecule has 2 amide bonds. The summed E-state index contributed by atoms with van der Waals surface area (Å²) >= 11 is 0. The Kier molecular flexibility index (Phi) is 5.28. The molecule has 2 aliphatic rings. The smallest absolute Gasteiger partial charge is 0.325 e. The molecule has 158 valence electrons. The third-order valence-electron chi connectivity index (χ3n) is 6.06. The molecule has 6 heteroatoms. The van der Waals surface area contributed by atoms with Crippen LogP contribution in [0, 0.1) is 5.92 Å². The molecule has 1 aliphatic carbocycles. The van der Waals surface area contributed by atoms with E-state index in [9.17, 15) is 4.79 Å². The Morgan fingerprint density at radius 3 is 2.74 bits per heavy atom. The summed E-state index contributed by atoms with van der Waals surface area (Å²) in [5, 5.41) is 10.7. The Bertz CT molecular complexity index is 1100. The first-order valence-corrected chi connectivity index (χ1v) is 10.9. The number of hydrogen-bond donors (Lipinski definition) is 1. The molecule has 31 heavy (non-hydrogen) atoms. The average Bonchev–Trinajstić information content (AvgIpc) is 3.55. The van der Waals surface area contributed by atoms with Gasteiger partial charge < -0.3 is 9.32 Å². The monoisotopic (exact) mass is 414 g/mol. The Labute approximate surface area is 182 Å². The van der Waals surface area contributed by atoms with E-state index in [0.29, 0.717) is 24.9 Å². The summed E-state index contributed by atoms with van der Waals surface area (Å²) < 4.78 is 5.60. The predicted molar refractivity (Wildman–Crippen MR) is 121 cm³/mol. The van der Waals surface area contributed by atoms with Crippen LogP contribution in [0.5, 0.6) is 0 Å². The molecule has 1 saturated carbocycles. The molecule has 2 heterocycles. The zero-order valence-corrected chi connectivity index (χ0v) is 17.6. The lowest BCUT2D eigenvalue weighted by Gasteiger charge is -2.32. The van der Waals surface area contributed by atoms with Crippen LogP contribution in [-0.4, -0.2) is 34.2 Å². The van der Waals surface area contributed by atoms with Gasteiger partial charge in [-0.3, -0.25) is 5.32 Å². The first kappa shape index (κ1) is 19.5. The second-order valence-corrected chi connectivity index (χ2v) is 8.47. The molecular weight excluding hydrogens is 388 g/mol. The third-order valence-corrected chi connectivity index (χ3v) is 6.06. The molecular formula is C25H26N4O2. The van der Waals surface area contributed by atoms with Crippen molar-refractivity contribution in [1.82, 2.24) is 15.1 Å². The average molecular weight is 415 g/mol. The fourth-order valence-corrected chi connectivity index (χ4v) is 4.12. The van der Waals surface area contributed by atoms with E-state index in [1.165, 1.54) is 29.5 Å². The Morgan fingerprint density at radius 1 is 1.13 bits per heavy atom. The van der Waals surface area contributed by atoms with Crippen LogP contribution in [0.15, 0.2) is 64.6 Å². The minimum absolute atomic E-state index is 0.120. The number of aromatic nitrogens is 2. The third kappa shape index (κ3) is 4.53. The van der Waals surface area contributed by atoms with Gasteiger partial charge in [-0.25, -0.2) is 4.79 Å². The van der Waals surface area contributed by atoms with Crippen molar-refractivity contribution in [3.05, 3.63) is 71.3 Å². The molecule has 0 bridgehead atoms. The number of piperidine rings is 1. The molecule has 2 fully saturated rings. The normalized spacial score (nSPS) is 20.1. The second kappa shape index (κ2) is 8.38. The maximum Gasteiger partial charge on any atom is 0.325 e. The van der Waals surface area contributed by atoms with Gasteiger partial charge in [0, 0.05) is 18.7 Å². The van der Waals surface area contributed by atoms with Crippen LogP contribution in [0.3, 0.4) is 0 Å². The molecule has 5 rings (SSSR count). The largest absolute Gasteiger partial charge is 0.403 e. The molecule has 2 aromatic carbocycles. The number of anilines is 1. The van der Waals surface area contributed by atoms with Crippen LogP contribution >= 0.6 is 0 Å². The van der Waals surface area contributed by atoms with Crippen LogP contribution in [0.1, 0.15) is 43.2 Å². The van der Waals surface area contributed by atoms with Crippen molar-refractivity contribution in [3.63, 3.8) is 0 Å². The molecule has 1 saturated heterocycles. The first-order valence-electron chi connectivity index (χ1n) is 10.9. The fraction of sp³-hybridized carbons (Fsp3) is 0.320. The van der Waals surface area contributed by atoms with E-state index in [-0.39, 0.29) is 12.0 Å². The van der Waals surface area contributed by atoms with Gasteiger partial charge in [-0.05, 0) is 54.4 Å². The maximum atomic E-state index is 12.7. The van der Waals surface area contributed by atoms with Crippen molar-refractivity contribution in [1.29, 1.82) is 0 Å². The molecule has 0 spiro atoms. The van der Waals surface area contributed by atoms with Crippen molar-refractivity contribution >= 4 is 18.1 Å². The van der Waals surface area contributed by atoms with Gasteiger partial charge in [-0.2, -0.15) is 0 Å². The minimum atomic E-state index is -0.204. The van der Waals surface area contributed by atoms with Crippen LogP contribution in [0.25, 0.3) is 17.5 Å². The van der Waals surface area contributed by atoms with Crippen molar-refractivity contribution in [2.45, 2.75) is 32.1 Å². The van der Waals surface area contributed by atoms with Crippen molar-refractivity contribution < 1.29 is 9.21 Å². The number of benzene rings is 2. The lowest BCUT2D eigenvalue weighted by Crippen LogP contribution is -2.42. The van der Waals surface area contributed by atoms with Gasteiger partial charge in [0.25, 0.3) is 0 Å². The van der Waals surface area contributed by atoms with Gasteiger partial charge >= 0.3 is 12.0 Å². The number of hydrogen-bond acceptors (Lipinski definition) is 4. The number of carbonyl (C=O) groups excluding carboxylic acids is 1.